The summed E-state index contributed by atoms with van der Waals surface area (Å²) in [5.41, 5.74) is 11.6. The maximum absolute atomic E-state index is 5.83. The van der Waals surface area contributed by atoms with Crippen LogP contribution >= 0.6 is 0 Å². The van der Waals surface area contributed by atoms with E-state index in [0.717, 1.165) is 31.5 Å². The van der Waals surface area contributed by atoms with Gasteiger partial charge in [-0.1, -0.05) is 0 Å². The summed E-state index contributed by atoms with van der Waals surface area (Å²) < 4.78 is 1.92. The molecule has 4 heteroatoms. The first kappa shape index (κ1) is 8.56. The largest absolute Gasteiger partial charge is 0.384 e. The van der Waals surface area contributed by atoms with Crippen LogP contribution in [0.1, 0.15) is 31.7 Å². The standard InChI is InChI=1S/C9H16N4/c10-7-1-3-8(4-2-7)13-9(11)5-6-12-13/h5-8H,1-4,10-11H2. The fourth-order valence-corrected chi connectivity index (χ4v) is 1.98. The molecule has 4 N–H and O–H groups in total. The Morgan fingerprint density at radius 3 is 2.54 bits per heavy atom. The maximum atomic E-state index is 5.83. The molecule has 0 aromatic carbocycles. The van der Waals surface area contributed by atoms with Gasteiger partial charge in [-0.25, -0.2) is 4.68 Å². The van der Waals surface area contributed by atoms with Crippen molar-refractivity contribution in [3.05, 3.63) is 12.3 Å². The number of nitrogen functional groups attached to an aromatic ring is 1. The summed E-state index contributed by atoms with van der Waals surface area (Å²) in [4.78, 5) is 0. The zero-order valence-electron chi connectivity index (χ0n) is 7.69. The lowest BCUT2D eigenvalue weighted by atomic mass is 9.92. The number of nitrogens with zero attached hydrogens (tertiary/aromatic N) is 2. The molecular weight excluding hydrogens is 164 g/mol. The molecule has 0 saturated heterocycles. The quantitative estimate of drug-likeness (QED) is 0.674. The van der Waals surface area contributed by atoms with Gasteiger partial charge in [0.2, 0.25) is 0 Å². The Bertz CT molecular complexity index is 273. The highest BCUT2D eigenvalue weighted by Crippen LogP contribution is 2.28. The molecule has 0 aliphatic heterocycles. The summed E-state index contributed by atoms with van der Waals surface area (Å²) in [7, 11) is 0. The first-order chi connectivity index (χ1) is 6.27. The average Bonchev–Trinajstić information content (AvgIpc) is 2.53. The van der Waals surface area contributed by atoms with Crippen molar-refractivity contribution in [1.82, 2.24) is 9.78 Å². The molecule has 13 heavy (non-hydrogen) atoms. The lowest BCUT2D eigenvalue weighted by Crippen LogP contribution is -2.28. The predicted octanol–water partition coefficient (Wildman–Crippen LogP) is 0.908. The van der Waals surface area contributed by atoms with Gasteiger partial charge in [0.25, 0.3) is 0 Å². The third kappa shape index (κ3) is 1.67. The van der Waals surface area contributed by atoms with Crippen molar-refractivity contribution < 1.29 is 0 Å². The molecule has 0 radical (unpaired) electrons. The van der Waals surface area contributed by atoms with E-state index >= 15 is 0 Å². The van der Waals surface area contributed by atoms with Crippen LogP contribution in [0.25, 0.3) is 0 Å². The van der Waals surface area contributed by atoms with Gasteiger partial charge in [-0.2, -0.15) is 5.10 Å². The summed E-state index contributed by atoms with van der Waals surface area (Å²) >= 11 is 0. The SMILES string of the molecule is Nc1ccnn1C1CCC(N)CC1. The number of rotatable bonds is 1. The van der Waals surface area contributed by atoms with E-state index in [4.69, 9.17) is 11.5 Å². The monoisotopic (exact) mass is 180 g/mol. The van der Waals surface area contributed by atoms with Gasteiger partial charge in [-0.15, -0.1) is 0 Å². The fourth-order valence-electron chi connectivity index (χ4n) is 1.98. The third-order valence-electron chi connectivity index (χ3n) is 2.79. The summed E-state index contributed by atoms with van der Waals surface area (Å²) in [5, 5.41) is 4.22. The van der Waals surface area contributed by atoms with E-state index in [1.54, 1.807) is 6.20 Å². The van der Waals surface area contributed by atoms with E-state index in [0.29, 0.717) is 12.1 Å². The predicted molar refractivity (Wildman–Crippen MR) is 52.1 cm³/mol. The lowest BCUT2D eigenvalue weighted by Gasteiger charge is -2.26. The van der Waals surface area contributed by atoms with E-state index in [2.05, 4.69) is 5.10 Å². The molecule has 4 nitrogen and oxygen atoms in total. The smallest absolute Gasteiger partial charge is 0.121 e. The van der Waals surface area contributed by atoms with Crippen LogP contribution in [-0.4, -0.2) is 15.8 Å². The number of nitrogens with two attached hydrogens (primary N) is 2. The van der Waals surface area contributed by atoms with Crippen molar-refractivity contribution in [3.63, 3.8) is 0 Å². The Morgan fingerprint density at radius 2 is 2.00 bits per heavy atom. The normalized spacial score (nSPS) is 29.0. The van der Waals surface area contributed by atoms with Crippen molar-refractivity contribution in [2.75, 3.05) is 5.73 Å². The van der Waals surface area contributed by atoms with Gasteiger partial charge in [0, 0.05) is 6.04 Å². The lowest BCUT2D eigenvalue weighted by molar-refractivity contribution is 0.307. The van der Waals surface area contributed by atoms with Crippen LogP contribution in [0.4, 0.5) is 5.82 Å². The van der Waals surface area contributed by atoms with Crippen molar-refractivity contribution >= 4 is 5.82 Å². The van der Waals surface area contributed by atoms with Crippen LogP contribution in [0.2, 0.25) is 0 Å². The van der Waals surface area contributed by atoms with Crippen molar-refractivity contribution in [3.8, 4) is 0 Å². The second-order valence-electron chi connectivity index (χ2n) is 3.77. The van der Waals surface area contributed by atoms with E-state index in [9.17, 15) is 0 Å². The molecule has 1 aromatic heterocycles. The fraction of sp³-hybridized carbons (Fsp3) is 0.667. The van der Waals surface area contributed by atoms with Gasteiger partial charge in [0.1, 0.15) is 5.82 Å². The summed E-state index contributed by atoms with van der Waals surface area (Å²) in [6.07, 6.45) is 6.14. The minimum atomic E-state index is 0.382. The van der Waals surface area contributed by atoms with Crippen LogP contribution < -0.4 is 11.5 Å². The third-order valence-corrected chi connectivity index (χ3v) is 2.79. The van der Waals surface area contributed by atoms with Crippen LogP contribution in [0.15, 0.2) is 12.3 Å². The summed E-state index contributed by atoms with van der Waals surface area (Å²) in [6.45, 7) is 0. The topological polar surface area (TPSA) is 69.9 Å². The average molecular weight is 180 g/mol. The molecule has 0 bridgehead atoms. The van der Waals surface area contributed by atoms with Crippen LogP contribution in [-0.2, 0) is 0 Å². The van der Waals surface area contributed by atoms with E-state index in [1.165, 1.54) is 0 Å². The Hall–Kier alpha value is -1.03. The van der Waals surface area contributed by atoms with Gasteiger partial charge < -0.3 is 11.5 Å². The molecule has 1 heterocycles. The molecule has 1 fully saturated rings. The highest BCUT2D eigenvalue weighted by molar-refractivity contribution is 5.26. The summed E-state index contributed by atoms with van der Waals surface area (Å²) in [6, 6.07) is 2.69. The number of hydrogen-bond acceptors (Lipinski definition) is 3. The van der Waals surface area contributed by atoms with Gasteiger partial charge in [-0.3, -0.25) is 0 Å². The molecule has 1 saturated carbocycles. The highest BCUT2D eigenvalue weighted by atomic mass is 15.3. The van der Waals surface area contributed by atoms with Crippen LogP contribution in [0.5, 0.6) is 0 Å². The van der Waals surface area contributed by atoms with Gasteiger partial charge in [0.05, 0.1) is 12.2 Å². The van der Waals surface area contributed by atoms with Crippen molar-refractivity contribution in [2.45, 2.75) is 37.8 Å². The molecule has 0 amide bonds. The molecule has 1 aliphatic rings. The Kier molecular flexibility index (Phi) is 2.22. The zero-order valence-corrected chi connectivity index (χ0v) is 7.69. The zero-order chi connectivity index (χ0) is 9.26. The van der Waals surface area contributed by atoms with Crippen LogP contribution in [0.3, 0.4) is 0 Å². The molecule has 1 aromatic rings. The molecule has 1 aliphatic carbocycles. The second kappa shape index (κ2) is 3.38. The van der Waals surface area contributed by atoms with Gasteiger partial charge in [-0.05, 0) is 31.7 Å². The van der Waals surface area contributed by atoms with E-state index in [1.807, 2.05) is 10.7 Å². The molecule has 72 valence electrons. The molecule has 2 rings (SSSR count). The van der Waals surface area contributed by atoms with Gasteiger partial charge in [0.15, 0.2) is 0 Å². The Labute approximate surface area is 77.9 Å². The molecular formula is C9H16N4. The van der Waals surface area contributed by atoms with Crippen molar-refractivity contribution in [2.24, 2.45) is 5.73 Å². The number of hydrogen-bond donors (Lipinski definition) is 2. The summed E-state index contributed by atoms with van der Waals surface area (Å²) in [5.74, 6) is 0.764. The maximum Gasteiger partial charge on any atom is 0.121 e. The van der Waals surface area contributed by atoms with Crippen molar-refractivity contribution in [1.29, 1.82) is 0 Å². The Morgan fingerprint density at radius 1 is 1.31 bits per heavy atom. The number of aromatic nitrogens is 2. The Balaban J connectivity index is 2.06. The minimum absolute atomic E-state index is 0.382. The van der Waals surface area contributed by atoms with E-state index < -0.39 is 0 Å². The molecule has 0 unspecified atom stereocenters. The van der Waals surface area contributed by atoms with Gasteiger partial charge >= 0.3 is 0 Å². The number of anilines is 1. The molecule has 0 spiro atoms. The first-order valence-corrected chi connectivity index (χ1v) is 4.82. The highest BCUT2D eigenvalue weighted by Gasteiger charge is 2.21. The first-order valence-electron chi connectivity index (χ1n) is 4.82. The molecule has 0 atom stereocenters. The van der Waals surface area contributed by atoms with E-state index in [-0.39, 0.29) is 0 Å². The second-order valence-corrected chi connectivity index (χ2v) is 3.77. The minimum Gasteiger partial charge on any atom is -0.384 e. The van der Waals surface area contributed by atoms with Crippen LogP contribution in [0, 0.1) is 0 Å².